The van der Waals surface area contributed by atoms with E-state index in [0.717, 1.165) is 20.8 Å². The van der Waals surface area contributed by atoms with E-state index < -0.39 is 0 Å². The van der Waals surface area contributed by atoms with E-state index in [1.807, 2.05) is 5.83 Å². The van der Waals surface area contributed by atoms with E-state index >= 15 is 0 Å². The van der Waals surface area contributed by atoms with Crippen LogP contribution in [0.25, 0.3) is 0 Å². The van der Waals surface area contributed by atoms with Crippen molar-refractivity contribution in [1.82, 2.24) is 0 Å². The molecule has 0 aliphatic heterocycles. The molecule has 0 aromatic heterocycles. The number of rotatable bonds is 0. The molecule has 0 unspecified atom stereocenters. The first kappa shape index (κ1) is 9.24. The van der Waals surface area contributed by atoms with Gasteiger partial charge in [0.2, 0.25) is 0 Å². The van der Waals surface area contributed by atoms with Gasteiger partial charge in [0.25, 0.3) is 0 Å². The summed E-state index contributed by atoms with van der Waals surface area (Å²) in [4.78, 5) is 0. The second-order valence-electron chi connectivity index (χ2n) is 0. The summed E-state index contributed by atoms with van der Waals surface area (Å²) in [5.74, 6) is 1.81. The molecule has 0 atom stereocenters. The topological polar surface area (TPSA) is 0 Å². The fourth-order valence-corrected chi connectivity index (χ4v) is 0. The molecule has 0 saturated heterocycles. The van der Waals surface area contributed by atoms with Gasteiger partial charge in [0.15, 0.2) is 0 Å². The molecule has 0 aromatic carbocycles. The molecule has 0 N–H and O–H groups in total. The molecule has 0 aromatic rings. The van der Waals surface area contributed by atoms with E-state index in [-0.39, 0.29) is 0 Å². The van der Waals surface area contributed by atoms with Crippen molar-refractivity contribution in [1.29, 1.82) is 0 Å². The summed E-state index contributed by atoms with van der Waals surface area (Å²) >= 11 is 7.17. The Morgan fingerprint density at radius 2 is 1.25 bits per heavy atom. The Morgan fingerprint density at radius 1 is 1.25 bits per heavy atom. The molecule has 28 valence electrons. The predicted octanol–water partition coefficient (Wildman–Crippen LogP) is 0.940. The Morgan fingerprint density at radius 3 is 1.25 bits per heavy atom. The monoisotopic (exact) mass is 296 g/mol. The number of alkyl halides is 1. The van der Waals surface area contributed by atoms with E-state index in [9.17, 15) is 0 Å². The molecule has 3 heteroatoms. The van der Waals surface area contributed by atoms with Gasteiger partial charge < -0.3 is 0 Å². The minimum atomic E-state index is 1.16. The average Bonchev–Trinajstić information content (AvgIpc) is 1.50. The summed E-state index contributed by atoms with van der Waals surface area (Å²) in [7, 11) is 0. The summed E-state index contributed by atoms with van der Waals surface area (Å²) < 4.78 is 0. The van der Waals surface area contributed by atoms with Crippen molar-refractivity contribution in [2.24, 2.45) is 0 Å². The molecule has 0 fully saturated rings. The molecule has 0 bridgehead atoms. The van der Waals surface area contributed by atoms with Crippen molar-refractivity contribution >= 4 is 49.3 Å². The van der Waals surface area contributed by atoms with E-state index in [1.54, 1.807) is 0 Å². The van der Waals surface area contributed by atoms with Gasteiger partial charge in [0, 0.05) is 0 Å². The predicted molar refractivity (Wildman–Crippen MR) is 32.3 cm³/mol. The van der Waals surface area contributed by atoms with E-state index in [2.05, 4.69) is 28.5 Å². The third-order valence-corrected chi connectivity index (χ3v) is 0. The molecule has 0 nitrogen and oxygen atoms in total. The van der Waals surface area contributed by atoms with Gasteiger partial charge >= 0.3 is 33.4 Å². The van der Waals surface area contributed by atoms with Crippen LogP contribution in [0.5, 0.6) is 0 Å². The zero-order chi connectivity index (χ0) is 4.00. The van der Waals surface area contributed by atoms with Gasteiger partial charge in [-0.15, -0.1) is 0 Å². The zero-order valence-electron chi connectivity index (χ0n) is 2.33. The van der Waals surface area contributed by atoms with Crippen molar-refractivity contribution in [2.45, 2.75) is 0 Å². The van der Waals surface area contributed by atoms with Gasteiger partial charge in [-0.25, -0.2) is 0 Å². The standard InChI is InChI=1S/CH3Br.BrH.Sb.2H/c1-2;;;;/h1H3;1H;;;/q;;+1;;/p-1. The van der Waals surface area contributed by atoms with Gasteiger partial charge in [-0.05, 0) is 5.83 Å². The first-order valence-electron chi connectivity index (χ1n) is 0.596. The summed E-state index contributed by atoms with van der Waals surface area (Å²) in [5, 5.41) is 0. The first-order valence-corrected chi connectivity index (χ1v) is 9.57. The summed E-state index contributed by atoms with van der Waals surface area (Å²) in [5.41, 5.74) is 0. The number of hydrogen-bond acceptors (Lipinski definition) is 0. The molecule has 0 aliphatic carbocycles. The van der Waals surface area contributed by atoms with E-state index in [0.29, 0.717) is 0 Å². The first-order chi connectivity index (χ1) is 2.00. The van der Waals surface area contributed by atoms with Crippen LogP contribution in [0, 0.1) is 0 Å². The molecular formula is CH5Br2Sb. The average molecular weight is 299 g/mol. The molecule has 0 rings (SSSR count). The molecular weight excluding hydrogens is 294 g/mol. The van der Waals surface area contributed by atoms with Gasteiger partial charge in [-0.3, -0.25) is 0 Å². The molecule has 0 spiro atoms. The summed E-state index contributed by atoms with van der Waals surface area (Å²) in [6.45, 7) is 0. The van der Waals surface area contributed by atoms with Crippen LogP contribution < -0.4 is 0 Å². The van der Waals surface area contributed by atoms with Crippen LogP contribution >= 0.6 is 28.5 Å². The van der Waals surface area contributed by atoms with Gasteiger partial charge in [0.05, 0.1) is 0 Å². The SMILES string of the molecule is CBr.[Br][SbH2]. The summed E-state index contributed by atoms with van der Waals surface area (Å²) in [6.07, 6.45) is 0. The number of hydrogen-bond donors (Lipinski definition) is 0. The molecule has 0 aliphatic rings. The Bertz CT molecular complexity index is 6.00. The van der Waals surface area contributed by atoms with Crippen molar-refractivity contribution in [3.8, 4) is 0 Å². The van der Waals surface area contributed by atoms with Crippen LogP contribution in [-0.2, 0) is 0 Å². The fourth-order valence-electron chi connectivity index (χ4n) is 0. The molecule has 0 amide bonds. The summed E-state index contributed by atoms with van der Waals surface area (Å²) in [6, 6.07) is 0. The van der Waals surface area contributed by atoms with Gasteiger partial charge in [-0.1, -0.05) is 15.9 Å². The normalized spacial score (nSPS) is 3.00. The number of halogens is 2. The molecule has 0 saturated carbocycles. The third-order valence-electron chi connectivity index (χ3n) is 0. The molecule has 0 heterocycles. The van der Waals surface area contributed by atoms with Crippen LogP contribution in [0.2, 0.25) is 0 Å². The maximum atomic E-state index is 3.07. The van der Waals surface area contributed by atoms with Crippen LogP contribution in [0.4, 0.5) is 0 Å². The zero-order valence-corrected chi connectivity index (χ0v) is 8.80. The second kappa shape index (κ2) is 21.6. The van der Waals surface area contributed by atoms with Crippen molar-refractivity contribution < 1.29 is 0 Å². The minimum absolute atomic E-state index is 1.16. The van der Waals surface area contributed by atoms with Gasteiger partial charge in [0.1, 0.15) is 0 Å². The van der Waals surface area contributed by atoms with Crippen LogP contribution in [0.15, 0.2) is 0 Å². The maximum absolute atomic E-state index is 3.07. The third kappa shape index (κ3) is 9.22. The van der Waals surface area contributed by atoms with Crippen molar-refractivity contribution in [3.05, 3.63) is 0 Å². The van der Waals surface area contributed by atoms with E-state index in [4.69, 9.17) is 0 Å². The van der Waals surface area contributed by atoms with Crippen LogP contribution in [-0.4, -0.2) is 26.6 Å². The quantitative estimate of drug-likeness (QED) is 0.461. The fraction of sp³-hybridized carbons (Fsp3) is 1.00. The van der Waals surface area contributed by atoms with Crippen LogP contribution in [0.1, 0.15) is 0 Å². The van der Waals surface area contributed by atoms with Gasteiger partial charge in [-0.2, -0.15) is 0 Å². The Hall–Kier alpha value is 1.78. The van der Waals surface area contributed by atoms with Crippen molar-refractivity contribution in [2.75, 3.05) is 5.83 Å². The molecule has 0 radical (unpaired) electrons. The Balaban J connectivity index is 0. The molecule has 4 heavy (non-hydrogen) atoms. The Labute approximate surface area is 54.6 Å². The van der Waals surface area contributed by atoms with Crippen LogP contribution in [0.3, 0.4) is 0 Å². The van der Waals surface area contributed by atoms with Crippen molar-refractivity contribution in [3.63, 3.8) is 0 Å². The van der Waals surface area contributed by atoms with E-state index in [1.165, 1.54) is 0 Å². The second-order valence-corrected chi connectivity index (χ2v) is 0. The Kier molecular flexibility index (Phi) is 49.8.